The van der Waals surface area contributed by atoms with Crippen molar-refractivity contribution >= 4 is 29.2 Å². The van der Waals surface area contributed by atoms with Gasteiger partial charge in [0.1, 0.15) is 11.5 Å². The first-order chi connectivity index (χ1) is 12.6. The molecule has 132 valence electrons. The highest BCUT2D eigenvalue weighted by Crippen LogP contribution is 2.14. The number of thiophene rings is 1. The molecule has 1 aromatic carbocycles. The van der Waals surface area contributed by atoms with Crippen LogP contribution >= 0.6 is 11.3 Å². The molecular formula is C20H18N2O3S. The van der Waals surface area contributed by atoms with Crippen LogP contribution in [0.5, 0.6) is 0 Å². The first-order valence-corrected chi connectivity index (χ1v) is 8.94. The molecular weight excluding hydrogens is 348 g/mol. The fourth-order valence-corrected chi connectivity index (χ4v) is 3.02. The third-order valence-electron chi connectivity index (χ3n) is 3.72. The Morgan fingerprint density at radius 2 is 1.96 bits per heavy atom. The Bertz CT molecular complexity index is 912. The average Bonchev–Trinajstić information content (AvgIpc) is 3.33. The number of furan rings is 1. The molecule has 0 bridgehead atoms. The van der Waals surface area contributed by atoms with Crippen molar-refractivity contribution in [3.63, 3.8) is 0 Å². The molecule has 0 unspecified atom stereocenters. The molecule has 3 rings (SSSR count). The van der Waals surface area contributed by atoms with E-state index in [1.165, 1.54) is 11.3 Å². The number of aryl methyl sites for hydroxylation is 1. The third-order valence-corrected chi connectivity index (χ3v) is 4.53. The van der Waals surface area contributed by atoms with Crippen molar-refractivity contribution in [3.05, 3.63) is 87.6 Å². The van der Waals surface area contributed by atoms with Crippen molar-refractivity contribution in [2.75, 3.05) is 0 Å². The Balaban J connectivity index is 1.78. The molecule has 0 saturated carbocycles. The van der Waals surface area contributed by atoms with Crippen molar-refractivity contribution < 1.29 is 14.0 Å². The second kappa shape index (κ2) is 8.31. The third kappa shape index (κ3) is 4.49. The summed E-state index contributed by atoms with van der Waals surface area (Å²) < 4.78 is 5.22. The number of hydrogen-bond acceptors (Lipinski definition) is 4. The predicted octanol–water partition coefficient (Wildman–Crippen LogP) is 3.74. The van der Waals surface area contributed by atoms with Crippen LogP contribution in [0.3, 0.4) is 0 Å². The van der Waals surface area contributed by atoms with Crippen LogP contribution in [-0.2, 0) is 11.3 Å². The van der Waals surface area contributed by atoms with Gasteiger partial charge in [-0.25, -0.2) is 0 Å². The van der Waals surface area contributed by atoms with Gasteiger partial charge >= 0.3 is 0 Å². The molecule has 0 fully saturated rings. The number of rotatable bonds is 6. The molecule has 3 aromatic rings. The standard InChI is InChI=1S/C20H18N2O3S/c1-14-6-2-3-9-17(14)19(23)22-18(12-16-8-5-11-26-16)20(24)21-13-15-7-4-10-25-15/h2-12H,13H2,1H3,(H,21,24)(H,22,23)/b18-12-. The Morgan fingerprint density at radius 3 is 2.65 bits per heavy atom. The number of amides is 2. The second-order valence-electron chi connectivity index (χ2n) is 5.60. The first kappa shape index (κ1) is 17.7. The highest BCUT2D eigenvalue weighted by atomic mass is 32.1. The van der Waals surface area contributed by atoms with E-state index in [1.54, 1.807) is 36.6 Å². The predicted molar refractivity (Wildman–Crippen MR) is 101 cm³/mol. The normalized spacial score (nSPS) is 11.2. The van der Waals surface area contributed by atoms with Crippen molar-refractivity contribution in [1.82, 2.24) is 10.6 Å². The Hall–Kier alpha value is -3.12. The lowest BCUT2D eigenvalue weighted by molar-refractivity contribution is -0.118. The van der Waals surface area contributed by atoms with Gasteiger partial charge in [-0.15, -0.1) is 11.3 Å². The summed E-state index contributed by atoms with van der Waals surface area (Å²) in [5, 5.41) is 7.40. The molecule has 0 aliphatic heterocycles. The SMILES string of the molecule is Cc1ccccc1C(=O)N/C(=C\c1cccs1)C(=O)NCc1ccco1. The quantitative estimate of drug-likeness (QED) is 0.653. The van der Waals surface area contributed by atoms with Crippen LogP contribution in [0.4, 0.5) is 0 Å². The van der Waals surface area contributed by atoms with E-state index in [2.05, 4.69) is 10.6 Å². The second-order valence-corrected chi connectivity index (χ2v) is 6.58. The van der Waals surface area contributed by atoms with Gasteiger partial charge in [0.25, 0.3) is 11.8 Å². The van der Waals surface area contributed by atoms with Crippen LogP contribution in [0.1, 0.15) is 26.6 Å². The molecule has 2 amide bonds. The molecule has 6 heteroatoms. The minimum absolute atomic E-state index is 0.187. The van der Waals surface area contributed by atoms with E-state index in [1.807, 2.05) is 36.6 Å². The summed E-state index contributed by atoms with van der Waals surface area (Å²) in [6.07, 6.45) is 3.21. The maximum Gasteiger partial charge on any atom is 0.268 e. The van der Waals surface area contributed by atoms with Crippen LogP contribution in [0, 0.1) is 6.92 Å². The zero-order chi connectivity index (χ0) is 18.4. The summed E-state index contributed by atoms with van der Waals surface area (Å²) in [6.45, 7) is 2.10. The molecule has 5 nitrogen and oxygen atoms in total. The van der Waals surface area contributed by atoms with Crippen LogP contribution in [-0.4, -0.2) is 11.8 Å². The Labute approximate surface area is 155 Å². The van der Waals surface area contributed by atoms with Gasteiger partial charge in [0.2, 0.25) is 0 Å². The monoisotopic (exact) mass is 366 g/mol. The van der Waals surface area contributed by atoms with E-state index in [0.717, 1.165) is 10.4 Å². The molecule has 2 N–H and O–H groups in total. The van der Waals surface area contributed by atoms with Crippen molar-refractivity contribution in [3.8, 4) is 0 Å². The van der Waals surface area contributed by atoms with Gasteiger partial charge < -0.3 is 15.1 Å². The van der Waals surface area contributed by atoms with E-state index >= 15 is 0 Å². The number of hydrogen-bond donors (Lipinski definition) is 2. The van der Waals surface area contributed by atoms with Crippen LogP contribution < -0.4 is 10.6 Å². The zero-order valence-corrected chi connectivity index (χ0v) is 15.0. The molecule has 26 heavy (non-hydrogen) atoms. The van der Waals surface area contributed by atoms with E-state index < -0.39 is 0 Å². The lowest BCUT2D eigenvalue weighted by atomic mass is 10.1. The van der Waals surface area contributed by atoms with Gasteiger partial charge in [-0.05, 0) is 48.2 Å². The topological polar surface area (TPSA) is 71.3 Å². The maximum atomic E-state index is 12.6. The van der Waals surface area contributed by atoms with Gasteiger partial charge in [-0.2, -0.15) is 0 Å². The lowest BCUT2D eigenvalue weighted by Crippen LogP contribution is -2.34. The number of carbonyl (C=O) groups excluding carboxylic acids is 2. The summed E-state index contributed by atoms with van der Waals surface area (Å²) in [4.78, 5) is 26.1. The molecule has 0 radical (unpaired) electrons. The fraction of sp³-hybridized carbons (Fsp3) is 0.100. The number of benzene rings is 1. The smallest absolute Gasteiger partial charge is 0.268 e. The lowest BCUT2D eigenvalue weighted by Gasteiger charge is -2.11. The summed E-state index contributed by atoms with van der Waals surface area (Å²) in [6, 6.07) is 14.5. The molecule has 0 aliphatic carbocycles. The highest BCUT2D eigenvalue weighted by Gasteiger charge is 2.16. The van der Waals surface area contributed by atoms with E-state index in [-0.39, 0.29) is 24.1 Å². The largest absolute Gasteiger partial charge is 0.467 e. The van der Waals surface area contributed by atoms with Crippen molar-refractivity contribution in [2.24, 2.45) is 0 Å². The van der Waals surface area contributed by atoms with Gasteiger partial charge in [-0.3, -0.25) is 9.59 Å². The molecule has 0 saturated heterocycles. The van der Waals surface area contributed by atoms with E-state index in [4.69, 9.17) is 4.42 Å². The van der Waals surface area contributed by atoms with E-state index in [9.17, 15) is 9.59 Å². The zero-order valence-electron chi connectivity index (χ0n) is 14.2. The van der Waals surface area contributed by atoms with Crippen molar-refractivity contribution in [1.29, 1.82) is 0 Å². The Morgan fingerprint density at radius 1 is 1.12 bits per heavy atom. The van der Waals surface area contributed by atoms with E-state index in [0.29, 0.717) is 11.3 Å². The summed E-state index contributed by atoms with van der Waals surface area (Å²) >= 11 is 1.48. The Kier molecular flexibility index (Phi) is 5.66. The van der Waals surface area contributed by atoms with Gasteiger partial charge in [-0.1, -0.05) is 24.3 Å². The minimum Gasteiger partial charge on any atom is -0.467 e. The summed E-state index contributed by atoms with van der Waals surface area (Å²) in [7, 11) is 0. The van der Waals surface area contributed by atoms with Crippen LogP contribution in [0.15, 0.2) is 70.3 Å². The highest BCUT2D eigenvalue weighted by molar-refractivity contribution is 7.10. The molecule has 2 heterocycles. The molecule has 0 aliphatic rings. The minimum atomic E-state index is -0.378. The fourth-order valence-electron chi connectivity index (χ4n) is 2.37. The molecule has 2 aromatic heterocycles. The summed E-state index contributed by atoms with van der Waals surface area (Å²) in [5.74, 6) is -0.0603. The molecule has 0 atom stereocenters. The van der Waals surface area contributed by atoms with Gasteiger partial charge in [0, 0.05) is 10.4 Å². The summed E-state index contributed by atoms with van der Waals surface area (Å²) in [5.41, 5.74) is 1.56. The first-order valence-electron chi connectivity index (χ1n) is 8.06. The van der Waals surface area contributed by atoms with Crippen LogP contribution in [0.25, 0.3) is 6.08 Å². The average molecular weight is 366 g/mol. The van der Waals surface area contributed by atoms with Crippen LogP contribution in [0.2, 0.25) is 0 Å². The maximum absolute atomic E-state index is 12.6. The number of carbonyl (C=O) groups is 2. The number of nitrogens with one attached hydrogen (secondary N) is 2. The van der Waals surface area contributed by atoms with Gasteiger partial charge in [0.15, 0.2) is 0 Å². The molecule has 0 spiro atoms. The van der Waals surface area contributed by atoms with Gasteiger partial charge in [0.05, 0.1) is 12.8 Å². The van der Waals surface area contributed by atoms with Crippen molar-refractivity contribution in [2.45, 2.75) is 13.5 Å².